The first-order valence-electron chi connectivity index (χ1n) is 5.07. The summed E-state index contributed by atoms with van der Waals surface area (Å²) in [6, 6.07) is 4.39. The van der Waals surface area contributed by atoms with Crippen molar-refractivity contribution >= 4 is 22.8 Å². The molecule has 0 aliphatic rings. The fourth-order valence-corrected chi connectivity index (χ4v) is 1.54. The van der Waals surface area contributed by atoms with Gasteiger partial charge < -0.3 is 14.4 Å². The molecule has 2 rings (SSSR count). The van der Waals surface area contributed by atoms with Crippen molar-refractivity contribution in [2.24, 2.45) is 0 Å². The highest BCUT2D eigenvalue weighted by molar-refractivity contribution is 5.81. The fraction of sp³-hybridized carbons (Fsp3) is 0.273. The van der Waals surface area contributed by atoms with Crippen molar-refractivity contribution in [1.29, 1.82) is 0 Å². The van der Waals surface area contributed by atoms with Gasteiger partial charge in [0.1, 0.15) is 6.04 Å². The average Bonchev–Trinajstić information content (AvgIpc) is 2.65. The fourth-order valence-electron chi connectivity index (χ4n) is 1.54. The van der Waals surface area contributed by atoms with Gasteiger partial charge in [0.2, 0.25) is 0 Å². The van der Waals surface area contributed by atoms with Gasteiger partial charge in [-0.05, 0) is 19.1 Å². The predicted octanol–water partition coefficient (Wildman–Crippen LogP) is 1.03. The van der Waals surface area contributed by atoms with Crippen LogP contribution in [0.5, 0.6) is 0 Å². The van der Waals surface area contributed by atoms with E-state index in [4.69, 9.17) is 9.52 Å². The monoisotopic (exact) mass is 236 g/mol. The lowest BCUT2D eigenvalue weighted by Crippen LogP contribution is -2.35. The molecule has 0 saturated carbocycles. The number of hydrogen-bond acceptors (Lipinski definition) is 4. The van der Waals surface area contributed by atoms with Crippen LogP contribution < -0.4 is 10.7 Å². The third-order valence-electron chi connectivity index (χ3n) is 2.75. The Hall–Kier alpha value is -2.24. The van der Waals surface area contributed by atoms with Crippen LogP contribution in [0.3, 0.4) is 0 Å². The van der Waals surface area contributed by atoms with Crippen molar-refractivity contribution < 1.29 is 14.3 Å². The Balaban J connectivity index is 2.42. The lowest BCUT2D eigenvalue weighted by Gasteiger charge is -2.23. The van der Waals surface area contributed by atoms with Crippen LogP contribution in [0.1, 0.15) is 6.92 Å². The number of oxazole rings is 1. The molecule has 6 nitrogen and oxygen atoms in total. The topological polar surface area (TPSA) is 86.5 Å². The number of anilines is 1. The number of aromatic nitrogens is 1. The number of hydrogen-bond donors (Lipinski definition) is 2. The summed E-state index contributed by atoms with van der Waals surface area (Å²) in [6.45, 7) is 1.58. The highest BCUT2D eigenvalue weighted by atomic mass is 16.4. The second kappa shape index (κ2) is 3.97. The molecule has 17 heavy (non-hydrogen) atoms. The van der Waals surface area contributed by atoms with Gasteiger partial charge in [0.25, 0.3) is 0 Å². The molecule has 1 aromatic heterocycles. The predicted molar refractivity (Wildman–Crippen MR) is 62.3 cm³/mol. The average molecular weight is 236 g/mol. The van der Waals surface area contributed by atoms with Crippen LogP contribution in [0, 0.1) is 0 Å². The summed E-state index contributed by atoms with van der Waals surface area (Å²) in [5, 5.41) is 8.91. The van der Waals surface area contributed by atoms with Gasteiger partial charge in [-0.1, -0.05) is 0 Å². The number of aromatic amines is 1. The minimum Gasteiger partial charge on any atom is -0.480 e. The number of nitrogens with zero attached hydrogens (tertiary/aromatic N) is 1. The van der Waals surface area contributed by atoms with Crippen molar-refractivity contribution in [2.75, 3.05) is 11.9 Å². The minimum absolute atomic E-state index is 0.414. The Kier molecular flexibility index (Phi) is 2.63. The molecular weight excluding hydrogens is 224 g/mol. The van der Waals surface area contributed by atoms with E-state index in [1.54, 1.807) is 37.1 Å². The second-order valence-electron chi connectivity index (χ2n) is 3.82. The first-order chi connectivity index (χ1) is 7.99. The van der Waals surface area contributed by atoms with E-state index in [9.17, 15) is 9.59 Å². The summed E-state index contributed by atoms with van der Waals surface area (Å²) in [5.41, 5.74) is 1.68. The Morgan fingerprint density at radius 1 is 1.53 bits per heavy atom. The summed E-state index contributed by atoms with van der Waals surface area (Å²) >= 11 is 0. The van der Waals surface area contributed by atoms with Crippen molar-refractivity contribution in [3.63, 3.8) is 0 Å². The molecule has 1 heterocycles. The molecule has 0 spiro atoms. The van der Waals surface area contributed by atoms with Crippen molar-refractivity contribution in [2.45, 2.75) is 13.0 Å². The van der Waals surface area contributed by atoms with Gasteiger partial charge in [0.05, 0.1) is 5.52 Å². The largest absolute Gasteiger partial charge is 0.480 e. The van der Waals surface area contributed by atoms with Crippen LogP contribution in [0.15, 0.2) is 27.4 Å². The quantitative estimate of drug-likeness (QED) is 0.831. The Morgan fingerprint density at radius 3 is 2.88 bits per heavy atom. The third-order valence-corrected chi connectivity index (χ3v) is 2.75. The maximum atomic E-state index is 11.0. The van der Waals surface area contributed by atoms with Crippen LogP contribution in [0.25, 0.3) is 11.1 Å². The van der Waals surface area contributed by atoms with Crippen LogP contribution in [-0.2, 0) is 4.79 Å². The molecule has 6 heteroatoms. The molecule has 1 unspecified atom stereocenters. The highest BCUT2D eigenvalue weighted by Gasteiger charge is 2.17. The molecular formula is C11H12N2O4. The zero-order valence-electron chi connectivity index (χ0n) is 9.43. The van der Waals surface area contributed by atoms with Crippen molar-refractivity contribution in [3.8, 4) is 0 Å². The summed E-state index contributed by atoms with van der Waals surface area (Å²) < 4.78 is 4.91. The number of benzene rings is 1. The SMILES string of the molecule is CC(C(=O)O)N(C)c1ccc2[nH]c(=O)oc2c1. The number of carboxylic acids is 1. The maximum absolute atomic E-state index is 11.0. The summed E-state index contributed by atoms with van der Waals surface area (Å²) in [4.78, 5) is 26.0. The molecule has 0 fully saturated rings. The standard InChI is InChI=1S/C11H12N2O4/c1-6(10(14)15)13(2)7-3-4-8-9(5-7)17-11(16)12-8/h3-6H,1-2H3,(H,12,16)(H,14,15). The Morgan fingerprint density at radius 2 is 2.24 bits per heavy atom. The molecule has 2 N–H and O–H groups in total. The molecule has 0 aliphatic carbocycles. The van der Waals surface area contributed by atoms with Crippen LogP contribution in [-0.4, -0.2) is 29.1 Å². The van der Waals surface area contributed by atoms with Gasteiger partial charge in [-0.25, -0.2) is 9.59 Å². The van der Waals surface area contributed by atoms with Gasteiger partial charge in [0.15, 0.2) is 5.58 Å². The van der Waals surface area contributed by atoms with Crippen LogP contribution in [0.2, 0.25) is 0 Å². The number of likely N-dealkylation sites (N-methyl/N-ethyl adjacent to an activating group) is 1. The molecule has 0 amide bonds. The van der Waals surface area contributed by atoms with Crippen LogP contribution >= 0.6 is 0 Å². The van der Waals surface area contributed by atoms with Crippen LogP contribution in [0.4, 0.5) is 5.69 Å². The zero-order chi connectivity index (χ0) is 12.6. The third kappa shape index (κ3) is 2.01. The minimum atomic E-state index is -0.914. The lowest BCUT2D eigenvalue weighted by molar-refractivity contribution is -0.138. The van der Waals surface area contributed by atoms with Gasteiger partial charge in [0, 0.05) is 18.8 Å². The van der Waals surface area contributed by atoms with E-state index in [1.807, 2.05) is 0 Å². The van der Waals surface area contributed by atoms with Gasteiger partial charge in [-0.15, -0.1) is 0 Å². The van der Waals surface area contributed by atoms with Gasteiger partial charge >= 0.3 is 11.7 Å². The van der Waals surface area contributed by atoms with E-state index in [2.05, 4.69) is 4.98 Å². The van der Waals surface area contributed by atoms with Crippen molar-refractivity contribution in [1.82, 2.24) is 4.98 Å². The van der Waals surface area contributed by atoms with E-state index in [-0.39, 0.29) is 0 Å². The number of H-pyrrole nitrogens is 1. The molecule has 1 aromatic carbocycles. The Bertz CT molecular complexity index is 613. The van der Waals surface area contributed by atoms with E-state index < -0.39 is 17.8 Å². The zero-order valence-corrected chi connectivity index (χ0v) is 9.43. The number of aliphatic carboxylic acids is 1. The molecule has 2 aromatic rings. The summed E-state index contributed by atoms with van der Waals surface area (Å²) in [7, 11) is 1.67. The number of rotatable bonds is 3. The van der Waals surface area contributed by atoms with Crippen molar-refractivity contribution in [3.05, 3.63) is 28.7 Å². The normalized spacial score (nSPS) is 12.6. The molecule has 0 aliphatic heterocycles. The smallest absolute Gasteiger partial charge is 0.417 e. The molecule has 90 valence electrons. The Labute approximate surface area is 96.5 Å². The van der Waals surface area contributed by atoms with E-state index in [0.717, 1.165) is 0 Å². The highest BCUT2D eigenvalue weighted by Crippen LogP contribution is 2.20. The molecule has 1 atom stereocenters. The van der Waals surface area contributed by atoms with Gasteiger partial charge in [-0.3, -0.25) is 4.98 Å². The first kappa shape index (κ1) is 11.3. The lowest BCUT2D eigenvalue weighted by atomic mass is 10.2. The van der Waals surface area contributed by atoms with Gasteiger partial charge in [-0.2, -0.15) is 0 Å². The first-order valence-corrected chi connectivity index (χ1v) is 5.07. The number of nitrogens with one attached hydrogen (secondary N) is 1. The summed E-state index contributed by atoms with van der Waals surface area (Å²) in [6.07, 6.45) is 0. The van der Waals surface area contributed by atoms with E-state index in [0.29, 0.717) is 16.8 Å². The number of fused-ring (bicyclic) bond motifs is 1. The number of carboxylic acid groups (broad SMARTS) is 1. The summed E-state index contributed by atoms with van der Waals surface area (Å²) in [5.74, 6) is -1.44. The van der Waals surface area contributed by atoms with E-state index in [1.165, 1.54) is 0 Å². The maximum Gasteiger partial charge on any atom is 0.417 e. The molecule has 0 saturated heterocycles. The molecule has 0 bridgehead atoms. The number of carbonyl (C=O) groups is 1. The van der Waals surface area contributed by atoms with E-state index >= 15 is 0 Å². The second-order valence-corrected chi connectivity index (χ2v) is 3.82. The molecule has 0 radical (unpaired) electrons.